The molecule has 4 rings (SSSR count). The third-order valence-electron chi connectivity index (χ3n) is 5.44. The summed E-state index contributed by atoms with van der Waals surface area (Å²) in [6, 6.07) is 7.38. The fraction of sp³-hybridized carbons (Fsp3) is 0.500. The number of aromatic nitrogens is 1. The van der Waals surface area contributed by atoms with Gasteiger partial charge < -0.3 is 9.47 Å². The second-order valence-corrected chi connectivity index (χ2v) is 8.67. The van der Waals surface area contributed by atoms with Crippen LogP contribution in [-0.2, 0) is 9.47 Å². The summed E-state index contributed by atoms with van der Waals surface area (Å²) in [6.45, 7) is 6.48. The van der Waals surface area contributed by atoms with E-state index in [1.54, 1.807) is 17.3 Å². The number of hydrogen-bond donors (Lipinski definition) is 0. The second-order valence-electron chi connectivity index (χ2n) is 8.67. The van der Waals surface area contributed by atoms with Crippen molar-refractivity contribution in [1.29, 1.82) is 0 Å². The average Bonchev–Trinajstić information content (AvgIpc) is 2.64. The van der Waals surface area contributed by atoms with E-state index in [0.717, 1.165) is 16.3 Å². The first kappa shape index (κ1) is 18.9. The molecule has 0 saturated carbocycles. The van der Waals surface area contributed by atoms with Crippen LogP contribution in [0.25, 0.3) is 10.8 Å². The highest BCUT2D eigenvalue weighted by Crippen LogP contribution is 2.35. The van der Waals surface area contributed by atoms with Gasteiger partial charge in [-0.05, 0) is 45.1 Å². The molecular formula is C22H26N2O4. The highest BCUT2D eigenvalue weighted by atomic mass is 16.6. The number of morpholine rings is 1. The molecule has 1 aromatic heterocycles. The number of fused-ring (bicyclic) bond motifs is 3. The number of rotatable bonds is 2. The largest absolute Gasteiger partial charge is 0.444 e. The van der Waals surface area contributed by atoms with Gasteiger partial charge >= 0.3 is 6.09 Å². The van der Waals surface area contributed by atoms with E-state index in [4.69, 9.17) is 9.47 Å². The molecule has 2 aliphatic heterocycles. The number of ether oxygens (including phenoxy) is 2. The van der Waals surface area contributed by atoms with Crippen molar-refractivity contribution in [2.75, 3.05) is 13.2 Å². The number of nitrogens with zero attached hydrogens (tertiary/aromatic N) is 2. The molecule has 3 heterocycles. The van der Waals surface area contributed by atoms with Crippen molar-refractivity contribution in [2.45, 2.75) is 51.3 Å². The van der Waals surface area contributed by atoms with E-state index in [0.29, 0.717) is 26.1 Å². The molecule has 2 fully saturated rings. The molecule has 1 amide bonds. The topological polar surface area (TPSA) is 68.7 Å². The summed E-state index contributed by atoms with van der Waals surface area (Å²) in [5.74, 6) is 0.00823. The molecule has 1 aromatic carbocycles. The summed E-state index contributed by atoms with van der Waals surface area (Å²) in [7, 11) is 0. The van der Waals surface area contributed by atoms with E-state index in [-0.39, 0.29) is 29.9 Å². The third kappa shape index (κ3) is 3.61. The molecule has 0 spiro atoms. The van der Waals surface area contributed by atoms with Gasteiger partial charge in [0.05, 0.1) is 25.3 Å². The van der Waals surface area contributed by atoms with Gasteiger partial charge in [-0.25, -0.2) is 4.79 Å². The second kappa shape index (κ2) is 7.17. The van der Waals surface area contributed by atoms with Crippen LogP contribution in [0.1, 0.15) is 44.0 Å². The molecule has 6 nitrogen and oxygen atoms in total. The number of piperidine rings is 1. The first-order chi connectivity index (χ1) is 13.3. The zero-order chi connectivity index (χ0) is 19.9. The SMILES string of the molecule is CC(C)(C)OC(=O)N1C2COCC1CC(C(=O)c1cccc3cnccc13)C2. The Morgan fingerprint density at radius 3 is 2.54 bits per heavy atom. The van der Waals surface area contributed by atoms with Crippen molar-refractivity contribution in [3.63, 3.8) is 0 Å². The monoisotopic (exact) mass is 382 g/mol. The number of amides is 1. The molecular weight excluding hydrogens is 356 g/mol. The lowest BCUT2D eigenvalue weighted by atomic mass is 9.80. The number of benzene rings is 1. The first-order valence-electron chi connectivity index (χ1n) is 9.79. The molecule has 2 saturated heterocycles. The van der Waals surface area contributed by atoms with Gasteiger partial charge in [-0.15, -0.1) is 0 Å². The van der Waals surface area contributed by atoms with Crippen LogP contribution in [0, 0.1) is 5.92 Å². The van der Waals surface area contributed by atoms with Crippen molar-refractivity contribution in [2.24, 2.45) is 5.92 Å². The summed E-state index contributed by atoms with van der Waals surface area (Å²) in [5, 5.41) is 1.89. The summed E-state index contributed by atoms with van der Waals surface area (Å²) in [4.78, 5) is 32.0. The summed E-state index contributed by atoms with van der Waals surface area (Å²) in [5.41, 5.74) is 0.185. The Labute approximate surface area is 164 Å². The molecule has 2 unspecified atom stereocenters. The molecule has 2 aromatic rings. The maximum Gasteiger partial charge on any atom is 0.410 e. The van der Waals surface area contributed by atoms with Crippen molar-refractivity contribution < 1.29 is 19.1 Å². The van der Waals surface area contributed by atoms with Crippen LogP contribution in [0.4, 0.5) is 4.79 Å². The quantitative estimate of drug-likeness (QED) is 0.739. The lowest BCUT2D eigenvalue weighted by Gasteiger charge is -2.47. The molecule has 6 heteroatoms. The van der Waals surface area contributed by atoms with Gasteiger partial charge in [0.1, 0.15) is 5.60 Å². The van der Waals surface area contributed by atoms with Crippen LogP contribution in [-0.4, -0.2) is 52.7 Å². The Kier molecular flexibility index (Phi) is 4.83. The van der Waals surface area contributed by atoms with Gasteiger partial charge in [-0.1, -0.05) is 18.2 Å². The van der Waals surface area contributed by atoms with Crippen molar-refractivity contribution in [3.8, 4) is 0 Å². The maximum atomic E-state index is 13.4. The molecule has 28 heavy (non-hydrogen) atoms. The number of Topliss-reactive ketones (excluding diaryl/α,β-unsaturated/α-hetero) is 1. The van der Waals surface area contributed by atoms with E-state index in [2.05, 4.69) is 4.98 Å². The molecule has 2 aliphatic rings. The zero-order valence-corrected chi connectivity index (χ0v) is 16.6. The minimum atomic E-state index is -0.546. The highest BCUT2D eigenvalue weighted by Gasteiger charge is 2.45. The predicted molar refractivity (Wildman–Crippen MR) is 105 cm³/mol. The lowest BCUT2D eigenvalue weighted by Crippen LogP contribution is -2.60. The molecule has 148 valence electrons. The van der Waals surface area contributed by atoms with E-state index in [1.807, 2.05) is 45.0 Å². The van der Waals surface area contributed by atoms with Gasteiger partial charge in [0, 0.05) is 29.3 Å². The lowest BCUT2D eigenvalue weighted by molar-refractivity contribution is -0.0861. The zero-order valence-electron chi connectivity index (χ0n) is 16.6. The maximum absolute atomic E-state index is 13.4. The molecule has 0 radical (unpaired) electrons. The van der Waals surface area contributed by atoms with E-state index >= 15 is 0 Å². The van der Waals surface area contributed by atoms with Crippen LogP contribution in [0.5, 0.6) is 0 Å². The van der Waals surface area contributed by atoms with E-state index in [9.17, 15) is 9.59 Å². The van der Waals surface area contributed by atoms with Crippen LogP contribution in [0.15, 0.2) is 36.7 Å². The Morgan fingerprint density at radius 2 is 1.86 bits per heavy atom. The molecule has 0 N–H and O–H groups in total. The number of hydrogen-bond acceptors (Lipinski definition) is 5. The Bertz CT molecular complexity index is 886. The van der Waals surface area contributed by atoms with Gasteiger partial charge in [0.15, 0.2) is 5.78 Å². The fourth-order valence-corrected chi connectivity index (χ4v) is 4.30. The molecule has 0 aliphatic carbocycles. The van der Waals surface area contributed by atoms with Gasteiger partial charge in [0.25, 0.3) is 0 Å². The smallest absolute Gasteiger partial charge is 0.410 e. The molecule has 2 bridgehead atoms. The van der Waals surface area contributed by atoms with Crippen LogP contribution >= 0.6 is 0 Å². The molecule has 2 atom stereocenters. The van der Waals surface area contributed by atoms with Gasteiger partial charge in [-0.3, -0.25) is 14.7 Å². The number of pyridine rings is 1. The van der Waals surface area contributed by atoms with Crippen LogP contribution in [0.2, 0.25) is 0 Å². The standard InChI is InChI=1S/C22H26N2O4/c1-22(2,3)28-21(26)24-16-9-15(10-17(24)13-27-12-16)20(25)19-6-4-5-14-11-23-8-7-18(14)19/h4-8,11,15-17H,9-10,12-13H2,1-3H3. The van der Waals surface area contributed by atoms with E-state index in [1.165, 1.54) is 0 Å². The number of carbonyl (C=O) groups excluding carboxylic acids is 2. The Hall–Kier alpha value is -2.47. The Balaban J connectivity index is 1.57. The van der Waals surface area contributed by atoms with Crippen molar-refractivity contribution in [3.05, 3.63) is 42.2 Å². The number of carbonyl (C=O) groups is 2. The predicted octanol–water partition coefficient (Wildman–Crippen LogP) is 3.83. The van der Waals surface area contributed by atoms with Crippen LogP contribution < -0.4 is 0 Å². The summed E-state index contributed by atoms with van der Waals surface area (Å²) < 4.78 is 11.3. The normalized spacial score (nSPS) is 24.8. The Morgan fingerprint density at radius 1 is 1.14 bits per heavy atom. The van der Waals surface area contributed by atoms with E-state index < -0.39 is 5.60 Å². The minimum absolute atomic E-state index is 0.128. The highest BCUT2D eigenvalue weighted by molar-refractivity contribution is 6.09. The first-order valence-corrected chi connectivity index (χ1v) is 9.79. The minimum Gasteiger partial charge on any atom is -0.444 e. The summed E-state index contributed by atoms with van der Waals surface area (Å²) >= 11 is 0. The van der Waals surface area contributed by atoms with Gasteiger partial charge in [0.2, 0.25) is 0 Å². The van der Waals surface area contributed by atoms with Gasteiger partial charge in [-0.2, -0.15) is 0 Å². The van der Waals surface area contributed by atoms with Crippen molar-refractivity contribution >= 4 is 22.6 Å². The van der Waals surface area contributed by atoms with Crippen LogP contribution in [0.3, 0.4) is 0 Å². The fourth-order valence-electron chi connectivity index (χ4n) is 4.30. The third-order valence-corrected chi connectivity index (χ3v) is 5.44. The number of ketones is 1. The average molecular weight is 382 g/mol. The van der Waals surface area contributed by atoms with Crippen molar-refractivity contribution in [1.82, 2.24) is 9.88 Å². The summed E-state index contributed by atoms with van der Waals surface area (Å²) in [6.07, 6.45) is 4.37.